The van der Waals surface area contributed by atoms with Crippen molar-refractivity contribution in [1.82, 2.24) is 10.6 Å². The van der Waals surface area contributed by atoms with E-state index in [9.17, 15) is 0 Å². The highest BCUT2D eigenvalue weighted by Crippen LogP contribution is 2.26. The van der Waals surface area contributed by atoms with Gasteiger partial charge in [-0.1, -0.05) is 13.8 Å². The Bertz CT molecular complexity index is 242. The van der Waals surface area contributed by atoms with Gasteiger partial charge in [-0.15, -0.1) is 24.0 Å². The number of hydrogen-bond donors (Lipinski definition) is 2. The Morgan fingerprint density at radius 3 is 2.47 bits per heavy atom. The van der Waals surface area contributed by atoms with Crippen LogP contribution < -0.4 is 10.6 Å². The maximum Gasteiger partial charge on any atom is 0.191 e. The quantitative estimate of drug-likeness (QED) is 0.451. The van der Waals surface area contributed by atoms with Gasteiger partial charge in [0.1, 0.15) is 0 Å². The van der Waals surface area contributed by atoms with E-state index in [0.717, 1.165) is 38.7 Å². The molecule has 1 atom stereocenters. The highest BCUT2D eigenvalue weighted by Gasteiger charge is 2.33. The first-order chi connectivity index (χ1) is 7.59. The summed E-state index contributed by atoms with van der Waals surface area (Å²) < 4.78 is 5.22. The molecular formula is C12H26IN3O. The molecule has 1 fully saturated rings. The van der Waals surface area contributed by atoms with E-state index in [1.54, 1.807) is 0 Å². The Kier molecular flexibility index (Phi) is 8.11. The van der Waals surface area contributed by atoms with Crippen LogP contribution in [0.2, 0.25) is 0 Å². The average molecular weight is 355 g/mol. The van der Waals surface area contributed by atoms with E-state index in [1.165, 1.54) is 0 Å². The molecule has 1 aliphatic heterocycles. The Morgan fingerprint density at radius 2 is 2.06 bits per heavy atom. The number of guanidine groups is 1. The van der Waals surface area contributed by atoms with Gasteiger partial charge in [-0.3, -0.25) is 4.99 Å². The SMILES string of the molecule is CCNC(=NCC1(C)COC1)NC(C)CC.I. The number of aliphatic imine (C=N–C) groups is 1. The molecule has 1 saturated heterocycles. The number of halogens is 1. The molecule has 1 unspecified atom stereocenters. The lowest BCUT2D eigenvalue weighted by atomic mass is 9.89. The summed E-state index contributed by atoms with van der Waals surface area (Å²) in [7, 11) is 0. The minimum Gasteiger partial charge on any atom is -0.380 e. The molecule has 0 aromatic rings. The van der Waals surface area contributed by atoms with Gasteiger partial charge in [-0.05, 0) is 20.3 Å². The van der Waals surface area contributed by atoms with Crippen molar-refractivity contribution in [2.45, 2.75) is 40.2 Å². The summed E-state index contributed by atoms with van der Waals surface area (Å²) in [5.41, 5.74) is 0.248. The fourth-order valence-corrected chi connectivity index (χ4v) is 1.47. The van der Waals surface area contributed by atoms with Gasteiger partial charge in [-0.2, -0.15) is 0 Å². The molecule has 0 saturated carbocycles. The molecule has 0 spiro atoms. The summed E-state index contributed by atoms with van der Waals surface area (Å²) >= 11 is 0. The minimum atomic E-state index is 0. The Labute approximate surface area is 122 Å². The highest BCUT2D eigenvalue weighted by molar-refractivity contribution is 14.0. The van der Waals surface area contributed by atoms with Gasteiger partial charge in [0, 0.05) is 18.0 Å². The van der Waals surface area contributed by atoms with Crippen molar-refractivity contribution < 1.29 is 4.74 Å². The average Bonchev–Trinajstić information content (AvgIpc) is 2.23. The number of hydrogen-bond acceptors (Lipinski definition) is 2. The van der Waals surface area contributed by atoms with Crippen molar-refractivity contribution in [2.75, 3.05) is 26.3 Å². The molecule has 1 heterocycles. The first-order valence-corrected chi connectivity index (χ1v) is 6.22. The molecule has 4 nitrogen and oxygen atoms in total. The van der Waals surface area contributed by atoms with Gasteiger partial charge in [0.15, 0.2) is 5.96 Å². The van der Waals surface area contributed by atoms with Crippen LogP contribution in [0.15, 0.2) is 4.99 Å². The topological polar surface area (TPSA) is 45.7 Å². The number of ether oxygens (including phenoxy) is 1. The van der Waals surface area contributed by atoms with Crippen molar-refractivity contribution in [3.63, 3.8) is 0 Å². The molecule has 17 heavy (non-hydrogen) atoms. The van der Waals surface area contributed by atoms with Crippen LogP contribution in [-0.4, -0.2) is 38.3 Å². The minimum absolute atomic E-state index is 0. The second-order valence-corrected chi connectivity index (χ2v) is 4.95. The Hall–Kier alpha value is -0.0400. The van der Waals surface area contributed by atoms with Crippen LogP contribution in [-0.2, 0) is 4.74 Å². The van der Waals surface area contributed by atoms with Gasteiger partial charge < -0.3 is 15.4 Å². The zero-order valence-electron chi connectivity index (χ0n) is 11.4. The summed E-state index contributed by atoms with van der Waals surface area (Å²) in [6.07, 6.45) is 1.10. The Morgan fingerprint density at radius 1 is 1.41 bits per heavy atom. The third-order valence-corrected chi connectivity index (χ3v) is 2.86. The number of rotatable bonds is 5. The second kappa shape index (κ2) is 8.13. The molecule has 1 rings (SSSR count). The summed E-state index contributed by atoms with van der Waals surface area (Å²) in [4.78, 5) is 4.61. The van der Waals surface area contributed by atoms with Crippen molar-refractivity contribution in [3.8, 4) is 0 Å². The molecule has 0 aromatic carbocycles. The van der Waals surface area contributed by atoms with Gasteiger partial charge in [0.2, 0.25) is 0 Å². The van der Waals surface area contributed by atoms with E-state index in [0.29, 0.717) is 6.04 Å². The molecule has 102 valence electrons. The van der Waals surface area contributed by atoms with Crippen molar-refractivity contribution in [1.29, 1.82) is 0 Å². The first-order valence-electron chi connectivity index (χ1n) is 6.22. The summed E-state index contributed by atoms with van der Waals surface area (Å²) in [6.45, 7) is 12.0. The Balaban J connectivity index is 0.00000256. The maximum atomic E-state index is 5.22. The molecule has 0 radical (unpaired) electrons. The molecule has 0 bridgehead atoms. The molecule has 0 amide bonds. The molecule has 0 aliphatic carbocycles. The van der Waals surface area contributed by atoms with Crippen LogP contribution in [0.4, 0.5) is 0 Å². The third-order valence-electron chi connectivity index (χ3n) is 2.86. The highest BCUT2D eigenvalue weighted by atomic mass is 127. The van der Waals surface area contributed by atoms with Crippen LogP contribution in [0.5, 0.6) is 0 Å². The summed E-state index contributed by atoms with van der Waals surface area (Å²) in [5.74, 6) is 0.921. The maximum absolute atomic E-state index is 5.22. The molecule has 0 aromatic heterocycles. The van der Waals surface area contributed by atoms with Gasteiger partial charge in [0.05, 0.1) is 19.8 Å². The van der Waals surface area contributed by atoms with Crippen molar-refractivity contribution in [3.05, 3.63) is 0 Å². The smallest absolute Gasteiger partial charge is 0.191 e. The molecule has 5 heteroatoms. The van der Waals surface area contributed by atoms with Gasteiger partial charge in [-0.25, -0.2) is 0 Å². The van der Waals surface area contributed by atoms with E-state index in [2.05, 4.69) is 43.3 Å². The van der Waals surface area contributed by atoms with E-state index >= 15 is 0 Å². The van der Waals surface area contributed by atoms with Gasteiger partial charge >= 0.3 is 0 Å². The van der Waals surface area contributed by atoms with Crippen molar-refractivity contribution in [2.24, 2.45) is 10.4 Å². The standard InChI is InChI=1S/C12H25N3O.HI/c1-5-10(3)15-11(13-6-2)14-7-12(4)8-16-9-12;/h10H,5-9H2,1-4H3,(H2,13,14,15);1H. The zero-order chi connectivity index (χ0) is 12.0. The van der Waals surface area contributed by atoms with Crippen LogP contribution in [0.1, 0.15) is 34.1 Å². The van der Waals surface area contributed by atoms with Gasteiger partial charge in [0.25, 0.3) is 0 Å². The van der Waals surface area contributed by atoms with Crippen LogP contribution in [0.3, 0.4) is 0 Å². The lowest BCUT2D eigenvalue weighted by molar-refractivity contribution is -0.0945. The molecule has 1 aliphatic rings. The second-order valence-electron chi connectivity index (χ2n) is 4.95. The third kappa shape index (κ3) is 5.90. The predicted molar refractivity (Wildman–Crippen MR) is 83.2 cm³/mol. The monoisotopic (exact) mass is 355 g/mol. The predicted octanol–water partition coefficient (Wildman–Crippen LogP) is 1.99. The summed E-state index contributed by atoms with van der Waals surface area (Å²) in [6, 6.07) is 0.461. The van der Waals surface area contributed by atoms with E-state index < -0.39 is 0 Å². The first kappa shape index (κ1) is 17.0. The van der Waals surface area contributed by atoms with E-state index in [4.69, 9.17) is 4.74 Å². The largest absolute Gasteiger partial charge is 0.380 e. The molecular weight excluding hydrogens is 329 g/mol. The van der Waals surface area contributed by atoms with Crippen LogP contribution in [0, 0.1) is 5.41 Å². The number of nitrogens with one attached hydrogen (secondary N) is 2. The zero-order valence-corrected chi connectivity index (χ0v) is 13.7. The van der Waals surface area contributed by atoms with E-state index in [-0.39, 0.29) is 29.4 Å². The lowest BCUT2D eigenvalue weighted by Crippen LogP contribution is -2.46. The fraction of sp³-hybridized carbons (Fsp3) is 0.917. The summed E-state index contributed by atoms with van der Waals surface area (Å²) in [5, 5.41) is 6.65. The lowest BCUT2D eigenvalue weighted by Gasteiger charge is -2.36. The normalized spacial score (nSPS) is 19.9. The number of nitrogens with zero attached hydrogens (tertiary/aromatic N) is 1. The molecule has 2 N–H and O–H groups in total. The fourth-order valence-electron chi connectivity index (χ4n) is 1.47. The van der Waals surface area contributed by atoms with E-state index in [1.807, 2.05) is 0 Å². The van der Waals surface area contributed by atoms with Crippen LogP contribution in [0.25, 0.3) is 0 Å². The van der Waals surface area contributed by atoms with Crippen molar-refractivity contribution >= 4 is 29.9 Å². The van der Waals surface area contributed by atoms with Crippen LogP contribution >= 0.6 is 24.0 Å².